The lowest BCUT2D eigenvalue weighted by molar-refractivity contribution is 0.815. The van der Waals surface area contributed by atoms with Crippen LogP contribution in [0, 0.1) is 6.92 Å². The van der Waals surface area contributed by atoms with Crippen molar-refractivity contribution in [3.8, 4) is 0 Å². The number of benzene rings is 1. The van der Waals surface area contributed by atoms with Crippen LogP contribution >= 0.6 is 11.8 Å². The van der Waals surface area contributed by atoms with Crippen LogP contribution in [-0.4, -0.2) is 9.97 Å². The van der Waals surface area contributed by atoms with Gasteiger partial charge in [0.15, 0.2) is 5.16 Å². The highest BCUT2D eigenvalue weighted by molar-refractivity contribution is 7.99. The molecule has 0 amide bonds. The molecule has 1 heterocycles. The molecule has 0 radical (unpaired) electrons. The van der Waals surface area contributed by atoms with E-state index < -0.39 is 0 Å². The third-order valence-corrected chi connectivity index (χ3v) is 3.93. The predicted molar refractivity (Wildman–Crippen MR) is 82.0 cm³/mol. The molecule has 1 aromatic carbocycles. The Morgan fingerprint density at radius 1 is 1.35 bits per heavy atom. The monoisotopic (exact) mass is 289 g/mol. The Bertz CT molecular complexity index is 652. The Morgan fingerprint density at radius 3 is 2.85 bits per heavy atom. The Morgan fingerprint density at radius 2 is 2.15 bits per heavy atom. The van der Waals surface area contributed by atoms with Crippen molar-refractivity contribution in [2.24, 2.45) is 5.73 Å². The summed E-state index contributed by atoms with van der Waals surface area (Å²) in [7, 11) is 0. The Hall–Kier alpha value is -1.59. The maximum Gasteiger partial charge on any atom is 0.251 e. The summed E-state index contributed by atoms with van der Waals surface area (Å²) < 4.78 is 0. The second kappa shape index (κ2) is 6.72. The van der Waals surface area contributed by atoms with Crippen LogP contribution < -0.4 is 11.3 Å². The molecule has 0 aliphatic rings. The fourth-order valence-electron chi connectivity index (χ4n) is 1.99. The van der Waals surface area contributed by atoms with Gasteiger partial charge in [-0.3, -0.25) is 4.79 Å². The number of nitrogens with one attached hydrogen (secondary N) is 1. The molecule has 0 aliphatic heterocycles. The number of aromatic amines is 1. The molecule has 0 fully saturated rings. The van der Waals surface area contributed by atoms with Crippen LogP contribution in [0.1, 0.15) is 30.2 Å². The average molecular weight is 289 g/mol. The molecule has 3 N–H and O–H groups in total. The zero-order valence-electron chi connectivity index (χ0n) is 11.8. The van der Waals surface area contributed by atoms with Gasteiger partial charge in [-0.05, 0) is 25.0 Å². The van der Waals surface area contributed by atoms with Gasteiger partial charge in [-0.25, -0.2) is 4.98 Å². The maximum absolute atomic E-state index is 11.7. The van der Waals surface area contributed by atoms with E-state index in [0.717, 1.165) is 29.0 Å². The summed E-state index contributed by atoms with van der Waals surface area (Å²) in [5.74, 6) is 0. The van der Waals surface area contributed by atoms with Crippen LogP contribution in [0.2, 0.25) is 0 Å². The van der Waals surface area contributed by atoms with Gasteiger partial charge in [0.1, 0.15) is 0 Å². The molecule has 0 saturated heterocycles. The van der Waals surface area contributed by atoms with Gasteiger partial charge in [0.05, 0.1) is 0 Å². The van der Waals surface area contributed by atoms with E-state index in [4.69, 9.17) is 5.73 Å². The second-order valence-corrected chi connectivity index (χ2v) is 5.74. The van der Waals surface area contributed by atoms with E-state index >= 15 is 0 Å². The highest BCUT2D eigenvalue weighted by Crippen LogP contribution is 2.28. The lowest BCUT2D eigenvalue weighted by Gasteiger charge is -2.08. The minimum absolute atomic E-state index is 0.104. The van der Waals surface area contributed by atoms with Crippen molar-refractivity contribution in [3.05, 3.63) is 51.4 Å². The normalized spacial score (nSPS) is 10.8. The second-order valence-electron chi connectivity index (χ2n) is 4.71. The molecule has 106 valence electrons. The van der Waals surface area contributed by atoms with Crippen LogP contribution in [-0.2, 0) is 13.0 Å². The van der Waals surface area contributed by atoms with E-state index in [1.807, 2.05) is 19.1 Å². The Kier molecular flexibility index (Phi) is 4.98. The molecule has 5 heteroatoms. The molecule has 0 unspecified atom stereocenters. The fourth-order valence-corrected chi connectivity index (χ4v) is 2.92. The average Bonchev–Trinajstić information content (AvgIpc) is 2.40. The Balaban J connectivity index is 2.32. The van der Waals surface area contributed by atoms with Crippen molar-refractivity contribution < 1.29 is 0 Å². The van der Waals surface area contributed by atoms with Crippen molar-refractivity contribution >= 4 is 11.8 Å². The van der Waals surface area contributed by atoms with Crippen LogP contribution in [0.25, 0.3) is 0 Å². The van der Waals surface area contributed by atoms with Crippen molar-refractivity contribution in [1.29, 1.82) is 0 Å². The first-order chi connectivity index (χ1) is 9.62. The molecule has 0 saturated carbocycles. The molecular formula is C15H19N3OS. The van der Waals surface area contributed by atoms with E-state index in [2.05, 4.69) is 23.0 Å². The molecular weight excluding hydrogens is 270 g/mol. The number of aromatic nitrogens is 2. The minimum atomic E-state index is -0.104. The fraction of sp³-hybridized carbons (Fsp3) is 0.333. The summed E-state index contributed by atoms with van der Waals surface area (Å²) in [6.07, 6.45) is 1.79. The van der Waals surface area contributed by atoms with Crippen molar-refractivity contribution in [2.75, 3.05) is 0 Å². The van der Waals surface area contributed by atoms with Crippen LogP contribution in [0.15, 0.2) is 39.1 Å². The molecule has 1 aromatic heterocycles. The topological polar surface area (TPSA) is 71.8 Å². The van der Waals surface area contributed by atoms with E-state index in [1.54, 1.807) is 6.07 Å². The number of H-pyrrole nitrogens is 1. The first-order valence-corrected chi connectivity index (χ1v) is 7.51. The number of aryl methyl sites for hydroxylation is 2. The van der Waals surface area contributed by atoms with Crippen molar-refractivity contribution in [1.82, 2.24) is 9.97 Å². The number of nitrogens with two attached hydrogens (primary N) is 1. The summed E-state index contributed by atoms with van der Waals surface area (Å²) >= 11 is 1.46. The van der Waals surface area contributed by atoms with E-state index in [9.17, 15) is 4.79 Å². The maximum atomic E-state index is 11.7. The molecule has 0 aliphatic carbocycles. The summed E-state index contributed by atoms with van der Waals surface area (Å²) in [5, 5.41) is 0.625. The smallest absolute Gasteiger partial charge is 0.251 e. The first-order valence-electron chi connectivity index (χ1n) is 6.70. The van der Waals surface area contributed by atoms with Gasteiger partial charge < -0.3 is 10.7 Å². The molecule has 0 atom stereocenters. The van der Waals surface area contributed by atoms with Crippen LogP contribution in [0.3, 0.4) is 0 Å². The van der Waals surface area contributed by atoms with Gasteiger partial charge in [-0.1, -0.05) is 42.8 Å². The number of nitrogens with zero attached hydrogens (tertiary/aromatic N) is 1. The lowest BCUT2D eigenvalue weighted by Crippen LogP contribution is -2.10. The van der Waals surface area contributed by atoms with E-state index in [0.29, 0.717) is 11.7 Å². The van der Waals surface area contributed by atoms with Gasteiger partial charge in [0, 0.05) is 23.2 Å². The van der Waals surface area contributed by atoms with Crippen LogP contribution in [0.4, 0.5) is 0 Å². The number of hydrogen-bond acceptors (Lipinski definition) is 4. The van der Waals surface area contributed by atoms with Gasteiger partial charge in [0.2, 0.25) is 0 Å². The number of rotatable bonds is 5. The SMILES string of the molecule is CCCc1cc(=O)[nH]c(Sc2ccc(C)cc2CN)n1. The van der Waals surface area contributed by atoms with Gasteiger partial charge >= 0.3 is 0 Å². The molecule has 2 rings (SSSR count). The number of hydrogen-bond donors (Lipinski definition) is 2. The largest absolute Gasteiger partial charge is 0.326 e. The van der Waals surface area contributed by atoms with E-state index in [1.165, 1.54) is 17.3 Å². The molecule has 4 nitrogen and oxygen atoms in total. The van der Waals surface area contributed by atoms with Crippen molar-refractivity contribution in [2.45, 2.75) is 43.3 Å². The summed E-state index contributed by atoms with van der Waals surface area (Å²) in [6, 6.07) is 7.69. The summed E-state index contributed by atoms with van der Waals surface area (Å²) in [6.45, 7) is 4.58. The quantitative estimate of drug-likeness (QED) is 0.830. The molecule has 0 bridgehead atoms. The lowest BCUT2D eigenvalue weighted by atomic mass is 10.1. The zero-order valence-corrected chi connectivity index (χ0v) is 12.6. The van der Waals surface area contributed by atoms with Crippen LogP contribution in [0.5, 0.6) is 0 Å². The zero-order chi connectivity index (χ0) is 14.5. The third-order valence-electron chi connectivity index (χ3n) is 2.92. The highest BCUT2D eigenvalue weighted by Gasteiger charge is 2.07. The van der Waals surface area contributed by atoms with Gasteiger partial charge in [0.25, 0.3) is 5.56 Å². The summed E-state index contributed by atoms with van der Waals surface area (Å²) in [5.41, 5.74) is 8.75. The van der Waals surface area contributed by atoms with E-state index in [-0.39, 0.29) is 5.56 Å². The third kappa shape index (κ3) is 3.71. The first kappa shape index (κ1) is 14.8. The highest BCUT2D eigenvalue weighted by atomic mass is 32.2. The Labute approximate surface area is 122 Å². The minimum Gasteiger partial charge on any atom is -0.326 e. The molecule has 20 heavy (non-hydrogen) atoms. The predicted octanol–water partition coefficient (Wildman–Crippen LogP) is 2.64. The van der Waals surface area contributed by atoms with Gasteiger partial charge in [-0.2, -0.15) is 0 Å². The standard InChI is InChI=1S/C15H19N3OS/c1-3-4-12-8-14(19)18-15(17-12)20-13-6-5-10(2)7-11(13)9-16/h5-8H,3-4,9,16H2,1-2H3,(H,17,18,19). The molecule has 2 aromatic rings. The molecule has 0 spiro atoms. The van der Waals surface area contributed by atoms with Gasteiger partial charge in [-0.15, -0.1) is 0 Å². The van der Waals surface area contributed by atoms with Crippen molar-refractivity contribution in [3.63, 3.8) is 0 Å². The summed E-state index contributed by atoms with van der Waals surface area (Å²) in [4.78, 5) is 19.9.